The average molecular weight is 435 g/mol. The van der Waals surface area contributed by atoms with Crippen molar-refractivity contribution in [3.8, 4) is 0 Å². The van der Waals surface area contributed by atoms with Gasteiger partial charge in [0.1, 0.15) is 0 Å². The SMILES string of the molecule is Cc1c(Nc2c(Br)cccc2Br)cc(N)cc1S(N)(=O)=O. The van der Waals surface area contributed by atoms with E-state index in [4.69, 9.17) is 10.9 Å². The van der Waals surface area contributed by atoms with Gasteiger partial charge in [0, 0.05) is 20.3 Å². The van der Waals surface area contributed by atoms with Gasteiger partial charge in [-0.05, 0) is 68.6 Å². The average Bonchev–Trinajstić information content (AvgIpc) is 2.36. The summed E-state index contributed by atoms with van der Waals surface area (Å²) in [6, 6.07) is 8.63. The molecule has 0 spiro atoms. The monoisotopic (exact) mass is 433 g/mol. The van der Waals surface area contributed by atoms with Gasteiger partial charge in [-0.1, -0.05) is 6.07 Å². The number of nitrogen functional groups attached to an aromatic ring is 1. The molecule has 2 aromatic rings. The third kappa shape index (κ3) is 3.57. The van der Waals surface area contributed by atoms with Crippen LogP contribution >= 0.6 is 31.9 Å². The van der Waals surface area contributed by atoms with Gasteiger partial charge < -0.3 is 11.1 Å². The van der Waals surface area contributed by atoms with Gasteiger partial charge in [-0.2, -0.15) is 0 Å². The van der Waals surface area contributed by atoms with Crippen molar-refractivity contribution in [2.24, 2.45) is 5.14 Å². The van der Waals surface area contributed by atoms with Crippen LogP contribution in [0.3, 0.4) is 0 Å². The highest BCUT2D eigenvalue weighted by Crippen LogP contribution is 2.35. The lowest BCUT2D eigenvalue weighted by atomic mass is 10.1. The first-order chi connectivity index (χ1) is 9.70. The van der Waals surface area contributed by atoms with Crippen LogP contribution in [0.1, 0.15) is 5.56 Å². The van der Waals surface area contributed by atoms with Crippen LogP contribution in [0.5, 0.6) is 0 Å². The minimum Gasteiger partial charge on any atom is -0.399 e. The van der Waals surface area contributed by atoms with E-state index < -0.39 is 10.0 Å². The van der Waals surface area contributed by atoms with E-state index in [0.717, 1.165) is 14.6 Å². The Morgan fingerprint density at radius 3 is 2.24 bits per heavy atom. The number of nitrogens with two attached hydrogens (primary N) is 2. The number of rotatable bonds is 3. The number of benzene rings is 2. The van der Waals surface area contributed by atoms with E-state index in [2.05, 4.69) is 37.2 Å². The van der Waals surface area contributed by atoms with Gasteiger partial charge in [0.05, 0.1) is 10.6 Å². The number of hydrogen-bond donors (Lipinski definition) is 3. The smallest absolute Gasteiger partial charge is 0.238 e. The van der Waals surface area contributed by atoms with Crippen LogP contribution in [0, 0.1) is 6.92 Å². The molecule has 5 N–H and O–H groups in total. The molecule has 0 atom stereocenters. The van der Waals surface area contributed by atoms with Crippen molar-refractivity contribution >= 4 is 58.9 Å². The van der Waals surface area contributed by atoms with E-state index in [1.165, 1.54) is 6.07 Å². The first-order valence-electron chi connectivity index (χ1n) is 5.84. The molecule has 2 rings (SSSR count). The Kier molecular flexibility index (Phi) is 4.62. The molecular formula is C13H13Br2N3O2S. The van der Waals surface area contributed by atoms with E-state index in [0.29, 0.717) is 16.9 Å². The van der Waals surface area contributed by atoms with Gasteiger partial charge in [-0.3, -0.25) is 0 Å². The summed E-state index contributed by atoms with van der Waals surface area (Å²) < 4.78 is 24.9. The molecule has 0 heterocycles. The summed E-state index contributed by atoms with van der Waals surface area (Å²) in [6.07, 6.45) is 0. The number of primary sulfonamides is 1. The Balaban J connectivity index is 2.58. The van der Waals surface area contributed by atoms with Crippen LogP contribution in [0.2, 0.25) is 0 Å². The maximum absolute atomic E-state index is 11.6. The Morgan fingerprint density at radius 1 is 1.14 bits per heavy atom. The van der Waals surface area contributed by atoms with Crippen LogP contribution in [0.15, 0.2) is 44.2 Å². The highest BCUT2D eigenvalue weighted by Gasteiger charge is 2.16. The maximum atomic E-state index is 11.6. The largest absolute Gasteiger partial charge is 0.399 e. The van der Waals surface area contributed by atoms with Crippen molar-refractivity contribution < 1.29 is 8.42 Å². The van der Waals surface area contributed by atoms with Crippen LogP contribution in [0.4, 0.5) is 17.1 Å². The van der Waals surface area contributed by atoms with Crippen LogP contribution in [0.25, 0.3) is 0 Å². The Morgan fingerprint density at radius 2 is 1.71 bits per heavy atom. The predicted octanol–water partition coefficient (Wildman–Crippen LogP) is 3.49. The summed E-state index contributed by atoms with van der Waals surface area (Å²) in [5.41, 5.74) is 7.94. The highest BCUT2D eigenvalue weighted by molar-refractivity contribution is 9.11. The molecule has 0 aliphatic rings. The fourth-order valence-electron chi connectivity index (χ4n) is 1.89. The Labute approximate surface area is 140 Å². The maximum Gasteiger partial charge on any atom is 0.238 e. The zero-order valence-electron chi connectivity index (χ0n) is 11.0. The molecule has 0 fully saturated rings. The van der Waals surface area contributed by atoms with E-state index in [9.17, 15) is 8.42 Å². The van der Waals surface area contributed by atoms with Crippen molar-refractivity contribution in [1.29, 1.82) is 0 Å². The predicted molar refractivity (Wildman–Crippen MR) is 92.1 cm³/mol. The molecule has 0 bridgehead atoms. The summed E-state index contributed by atoms with van der Waals surface area (Å²) in [4.78, 5) is 0.00757. The molecule has 5 nitrogen and oxygen atoms in total. The topological polar surface area (TPSA) is 98.2 Å². The zero-order valence-corrected chi connectivity index (χ0v) is 15.0. The second-order valence-electron chi connectivity index (χ2n) is 4.46. The second kappa shape index (κ2) is 5.96. The lowest BCUT2D eigenvalue weighted by Gasteiger charge is -2.16. The highest BCUT2D eigenvalue weighted by atomic mass is 79.9. The van der Waals surface area contributed by atoms with Crippen LogP contribution < -0.4 is 16.2 Å². The summed E-state index contributed by atoms with van der Waals surface area (Å²) >= 11 is 6.88. The van der Waals surface area contributed by atoms with Gasteiger partial charge >= 0.3 is 0 Å². The number of nitrogens with one attached hydrogen (secondary N) is 1. The van der Waals surface area contributed by atoms with Crippen molar-refractivity contribution in [3.05, 3.63) is 44.8 Å². The van der Waals surface area contributed by atoms with Gasteiger partial charge in [0.25, 0.3) is 0 Å². The van der Waals surface area contributed by atoms with E-state index in [-0.39, 0.29) is 4.90 Å². The van der Waals surface area contributed by atoms with Crippen molar-refractivity contribution in [2.75, 3.05) is 11.1 Å². The van der Waals surface area contributed by atoms with Crippen LogP contribution in [-0.2, 0) is 10.0 Å². The summed E-state index contributed by atoms with van der Waals surface area (Å²) in [7, 11) is -3.83. The number of anilines is 3. The number of para-hydroxylation sites is 1. The molecule has 0 saturated heterocycles. The van der Waals surface area contributed by atoms with E-state index in [1.807, 2.05) is 18.2 Å². The summed E-state index contributed by atoms with van der Waals surface area (Å²) in [5, 5.41) is 8.39. The summed E-state index contributed by atoms with van der Waals surface area (Å²) in [6.45, 7) is 1.67. The molecule has 0 aromatic heterocycles. The minimum absolute atomic E-state index is 0.00757. The van der Waals surface area contributed by atoms with E-state index in [1.54, 1.807) is 13.0 Å². The van der Waals surface area contributed by atoms with Crippen molar-refractivity contribution in [3.63, 3.8) is 0 Å². The molecule has 2 aromatic carbocycles. The first kappa shape index (κ1) is 16.3. The molecular weight excluding hydrogens is 422 g/mol. The molecule has 0 amide bonds. The molecule has 0 aliphatic carbocycles. The standard InChI is InChI=1S/C13H13Br2N3O2S/c1-7-11(5-8(16)6-12(7)21(17,19)20)18-13-9(14)3-2-4-10(13)15/h2-6,18H,16H2,1H3,(H2,17,19,20). The Hall–Kier alpha value is -1.09. The van der Waals surface area contributed by atoms with Crippen LogP contribution in [-0.4, -0.2) is 8.42 Å². The number of sulfonamides is 1. The molecule has 0 saturated carbocycles. The zero-order chi connectivity index (χ0) is 15.8. The van der Waals surface area contributed by atoms with E-state index >= 15 is 0 Å². The lowest BCUT2D eigenvalue weighted by molar-refractivity contribution is 0.597. The van der Waals surface area contributed by atoms with Gasteiger partial charge in [0.2, 0.25) is 10.0 Å². The second-order valence-corrected chi connectivity index (χ2v) is 7.70. The fraction of sp³-hybridized carbons (Fsp3) is 0.0769. The molecule has 0 radical (unpaired) electrons. The molecule has 0 unspecified atom stereocenters. The van der Waals surface area contributed by atoms with Gasteiger partial charge in [-0.25, -0.2) is 13.6 Å². The molecule has 112 valence electrons. The molecule has 21 heavy (non-hydrogen) atoms. The lowest BCUT2D eigenvalue weighted by Crippen LogP contribution is -2.15. The summed E-state index contributed by atoms with van der Waals surface area (Å²) in [5.74, 6) is 0. The fourth-order valence-corrected chi connectivity index (χ4v) is 3.92. The third-order valence-corrected chi connectivity index (χ3v) is 5.27. The molecule has 0 aliphatic heterocycles. The minimum atomic E-state index is -3.83. The van der Waals surface area contributed by atoms with Gasteiger partial charge in [-0.15, -0.1) is 0 Å². The van der Waals surface area contributed by atoms with Crippen molar-refractivity contribution in [2.45, 2.75) is 11.8 Å². The molecule has 8 heteroatoms. The quantitative estimate of drug-likeness (QED) is 0.643. The number of hydrogen-bond acceptors (Lipinski definition) is 4. The number of halogens is 2. The first-order valence-corrected chi connectivity index (χ1v) is 8.97. The third-order valence-electron chi connectivity index (χ3n) is 2.91. The normalized spacial score (nSPS) is 11.4. The van der Waals surface area contributed by atoms with Gasteiger partial charge in [0.15, 0.2) is 0 Å². The Bertz CT molecular complexity index is 787. The van der Waals surface area contributed by atoms with Crippen molar-refractivity contribution in [1.82, 2.24) is 0 Å².